The van der Waals surface area contributed by atoms with Gasteiger partial charge in [-0.05, 0) is 31.0 Å². The van der Waals surface area contributed by atoms with E-state index < -0.39 is 29.9 Å². The molecular weight excluding hydrogens is 349 g/mol. The number of aryl methyl sites for hydroxylation is 1. The van der Waals surface area contributed by atoms with Crippen LogP contribution in [0.4, 0.5) is 13.2 Å². The van der Waals surface area contributed by atoms with Crippen LogP contribution in [-0.2, 0) is 12.8 Å². The van der Waals surface area contributed by atoms with Crippen molar-refractivity contribution < 1.29 is 18.3 Å². The van der Waals surface area contributed by atoms with Crippen molar-refractivity contribution in [3.63, 3.8) is 0 Å². The lowest BCUT2D eigenvalue weighted by Gasteiger charge is -2.18. The van der Waals surface area contributed by atoms with Crippen molar-refractivity contribution in [1.82, 2.24) is 19.7 Å². The molecule has 0 saturated heterocycles. The number of rotatable bonds is 4. The summed E-state index contributed by atoms with van der Waals surface area (Å²) in [5.41, 5.74) is -0.0664. The molecule has 0 aliphatic carbocycles. The molecule has 138 valence electrons. The Labute approximate surface area is 146 Å². The van der Waals surface area contributed by atoms with Crippen LogP contribution >= 0.6 is 0 Å². The van der Waals surface area contributed by atoms with E-state index in [1.165, 1.54) is 16.8 Å². The largest absolute Gasteiger partial charge is 0.416 e. The Hall–Kier alpha value is -2.68. The van der Waals surface area contributed by atoms with Crippen LogP contribution in [-0.4, -0.2) is 24.9 Å². The lowest BCUT2D eigenvalue weighted by molar-refractivity contribution is -0.137. The number of halogens is 3. The van der Waals surface area contributed by atoms with Gasteiger partial charge in [-0.2, -0.15) is 18.3 Å². The zero-order valence-electron chi connectivity index (χ0n) is 14.1. The molecule has 0 saturated carbocycles. The Balaban J connectivity index is 2.16. The summed E-state index contributed by atoms with van der Waals surface area (Å²) in [6.45, 7) is 3.03. The van der Waals surface area contributed by atoms with Crippen LogP contribution < -0.4 is 5.56 Å². The summed E-state index contributed by atoms with van der Waals surface area (Å²) in [6.07, 6.45) is -3.89. The number of benzene rings is 1. The summed E-state index contributed by atoms with van der Waals surface area (Å²) in [6, 6.07) is 4.39. The maximum atomic E-state index is 12.8. The van der Waals surface area contributed by atoms with Gasteiger partial charge in [-0.1, -0.05) is 19.1 Å². The van der Waals surface area contributed by atoms with Gasteiger partial charge in [0.1, 0.15) is 16.9 Å². The van der Waals surface area contributed by atoms with Gasteiger partial charge in [0, 0.05) is 0 Å². The summed E-state index contributed by atoms with van der Waals surface area (Å²) < 4.78 is 39.8. The fraction of sp³-hybridized carbons (Fsp3) is 0.353. The molecule has 0 spiro atoms. The minimum atomic E-state index is -4.41. The van der Waals surface area contributed by atoms with Gasteiger partial charge in [-0.3, -0.25) is 4.79 Å². The predicted octanol–water partition coefficient (Wildman–Crippen LogP) is 2.94. The zero-order chi connectivity index (χ0) is 19.1. The van der Waals surface area contributed by atoms with Gasteiger partial charge in [-0.15, -0.1) is 0 Å². The number of aromatic nitrogens is 4. The minimum Gasteiger partial charge on any atom is -0.390 e. The number of hydrogen-bond acceptors (Lipinski definition) is 4. The molecule has 26 heavy (non-hydrogen) atoms. The van der Waals surface area contributed by atoms with E-state index >= 15 is 0 Å². The fourth-order valence-corrected chi connectivity index (χ4v) is 3.00. The highest BCUT2D eigenvalue weighted by molar-refractivity contribution is 5.77. The van der Waals surface area contributed by atoms with Gasteiger partial charge in [0.2, 0.25) is 0 Å². The summed E-state index contributed by atoms with van der Waals surface area (Å²) in [4.78, 5) is 19.1. The SMILES string of the molecule is CC[C@@H](c1ccc(C(F)(F)F)cc1)n1nc(CO)c2c(=O)[nH]c(C)nc21. The summed E-state index contributed by atoms with van der Waals surface area (Å²) in [5.74, 6) is 0.385. The number of alkyl halides is 3. The second-order valence-electron chi connectivity index (χ2n) is 5.94. The quantitative estimate of drug-likeness (QED) is 0.744. The van der Waals surface area contributed by atoms with Gasteiger partial charge in [0.15, 0.2) is 5.65 Å². The first kappa shape index (κ1) is 18.1. The second kappa shape index (κ2) is 6.56. The van der Waals surface area contributed by atoms with Gasteiger partial charge in [0.05, 0.1) is 18.2 Å². The van der Waals surface area contributed by atoms with Gasteiger partial charge in [-0.25, -0.2) is 9.67 Å². The van der Waals surface area contributed by atoms with Crippen molar-refractivity contribution in [2.75, 3.05) is 0 Å². The first-order chi connectivity index (χ1) is 12.3. The van der Waals surface area contributed by atoms with Crippen LogP contribution in [0.5, 0.6) is 0 Å². The van der Waals surface area contributed by atoms with Gasteiger partial charge >= 0.3 is 6.18 Å². The Kier molecular flexibility index (Phi) is 4.57. The number of aliphatic hydroxyl groups is 1. The van der Waals surface area contributed by atoms with Crippen molar-refractivity contribution in [3.05, 3.63) is 57.3 Å². The molecular formula is C17H17F3N4O2. The first-order valence-corrected chi connectivity index (χ1v) is 8.02. The van der Waals surface area contributed by atoms with E-state index in [-0.39, 0.29) is 11.1 Å². The Bertz CT molecular complexity index is 990. The number of fused-ring (bicyclic) bond motifs is 1. The van der Waals surface area contributed by atoms with E-state index in [1.54, 1.807) is 6.92 Å². The molecule has 1 atom stereocenters. The summed E-state index contributed by atoms with van der Waals surface area (Å²) in [7, 11) is 0. The number of nitrogens with one attached hydrogen (secondary N) is 1. The van der Waals surface area contributed by atoms with Crippen molar-refractivity contribution in [2.45, 2.75) is 39.1 Å². The van der Waals surface area contributed by atoms with Gasteiger partial charge in [0.25, 0.3) is 5.56 Å². The Morgan fingerprint density at radius 2 is 1.92 bits per heavy atom. The highest BCUT2D eigenvalue weighted by Gasteiger charge is 2.30. The number of aromatic amines is 1. The van der Waals surface area contributed by atoms with Crippen molar-refractivity contribution in [2.24, 2.45) is 0 Å². The van der Waals surface area contributed by atoms with E-state index in [4.69, 9.17) is 0 Å². The monoisotopic (exact) mass is 366 g/mol. The van der Waals surface area contributed by atoms with Crippen LogP contribution in [0.2, 0.25) is 0 Å². The van der Waals surface area contributed by atoms with E-state index in [0.717, 1.165) is 12.1 Å². The lowest BCUT2D eigenvalue weighted by atomic mass is 10.0. The van der Waals surface area contributed by atoms with Crippen LogP contribution in [0.15, 0.2) is 29.1 Å². The lowest BCUT2D eigenvalue weighted by Crippen LogP contribution is -2.15. The highest BCUT2D eigenvalue weighted by atomic mass is 19.4. The number of aliphatic hydroxyl groups excluding tert-OH is 1. The number of nitrogens with zero attached hydrogens (tertiary/aromatic N) is 3. The molecule has 0 radical (unpaired) electrons. The predicted molar refractivity (Wildman–Crippen MR) is 88.7 cm³/mol. The smallest absolute Gasteiger partial charge is 0.390 e. The van der Waals surface area contributed by atoms with Crippen LogP contribution in [0.3, 0.4) is 0 Å². The minimum absolute atomic E-state index is 0.180. The molecule has 0 amide bonds. The highest BCUT2D eigenvalue weighted by Crippen LogP contribution is 2.32. The average Bonchev–Trinajstić information content (AvgIpc) is 2.94. The van der Waals surface area contributed by atoms with Gasteiger partial charge < -0.3 is 10.1 Å². The van der Waals surface area contributed by atoms with E-state index in [2.05, 4.69) is 15.1 Å². The molecule has 3 aromatic rings. The second-order valence-corrected chi connectivity index (χ2v) is 5.94. The third-order valence-electron chi connectivity index (χ3n) is 4.21. The zero-order valence-corrected chi connectivity index (χ0v) is 14.1. The Morgan fingerprint density at radius 3 is 2.46 bits per heavy atom. The standard InChI is InChI=1S/C17H17F3N4O2/c1-3-13(10-4-6-11(7-5-10)17(18,19)20)24-15-14(12(8-25)23-24)16(26)22-9(2)21-15/h4-7,13,25H,3,8H2,1-2H3,(H,21,22,26)/t13-/m0/s1. The molecule has 0 fully saturated rings. The molecule has 0 aliphatic rings. The average molecular weight is 366 g/mol. The third kappa shape index (κ3) is 3.10. The third-order valence-corrected chi connectivity index (χ3v) is 4.21. The van der Waals surface area contributed by atoms with Crippen molar-refractivity contribution in [1.29, 1.82) is 0 Å². The molecule has 3 rings (SSSR count). The maximum absolute atomic E-state index is 12.8. The first-order valence-electron chi connectivity index (χ1n) is 8.02. The van der Waals surface area contributed by atoms with Crippen LogP contribution in [0.1, 0.15) is 42.0 Å². The molecule has 2 aromatic heterocycles. The summed E-state index contributed by atoms with van der Waals surface area (Å²) >= 11 is 0. The Morgan fingerprint density at radius 1 is 1.27 bits per heavy atom. The van der Waals surface area contributed by atoms with E-state index in [0.29, 0.717) is 23.5 Å². The normalized spacial score (nSPS) is 13.3. The van der Waals surface area contributed by atoms with E-state index in [1.807, 2.05) is 6.92 Å². The van der Waals surface area contributed by atoms with E-state index in [9.17, 15) is 23.1 Å². The van der Waals surface area contributed by atoms with Crippen LogP contribution in [0, 0.1) is 6.92 Å². The number of H-pyrrole nitrogens is 1. The molecule has 1 aromatic carbocycles. The molecule has 0 unspecified atom stereocenters. The maximum Gasteiger partial charge on any atom is 0.416 e. The molecule has 9 heteroatoms. The molecule has 2 heterocycles. The van der Waals surface area contributed by atoms with Crippen molar-refractivity contribution >= 4 is 11.0 Å². The van der Waals surface area contributed by atoms with Crippen molar-refractivity contribution in [3.8, 4) is 0 Å². The molecule has 6 nitrogen and oxygen atoms in total. The summed E-state index contributed by atoms with van der Waals surface area (Å²) in [5, 5.41) is 14.0. The molecule has 0 aliphatic heterocycles. The molecule has 2 N–H and O–H groups in total. The number of hydrogen-bond donors (Lipinski definition) is 2. The van der Waals surface area contributed by atoms with Crippen LogP contribution in [0.25, 0.3) is 11.0 Å². The topological polar surface area (TPSA) is 83.8 Å². The fourth-order valence-electron chi connectivity index (χ4n) is 3.00. The molecule has 0 bridgehead atoms.